The lowest BCUT2D eigenvalue weighted by Crippen LogP contribution is -2.30. The fourth-order valence-corrected chi connectivity index (χ4v) is 3.40. The van der Waals surface area contributed by atoms with Crippen molar-refractivity contribution in [3.8, 4) is 0 Å². The number of carbonyl (C=O) groups excluding carboxylic acids is 1. The minimum absolute atomic E-state index is 0.000760. The number of fused-ring (bicyclic) bond motifs is 2. The minimum atomic E-state index is -1.12. The molecule has 0 aliphatic carbocycles. The van der Waals surface area contributed by atoms with Crippen LogP contribution >= 0.6 is 0 Å². The zero-order valence-corrected chi connectivity index (χ0v) is 15.5. The number of pyridine rings is 2. The molecule has 0 spiro atoms. The van der Waals surface area contributed by atoms with Crippen LogP contribution in [0.4, 0.5) is 13.2 Å². The lowest BCUT2D eigenvalue weighted by atomic mass is 10.0. The number of hydrogen-bond acceptors (Lipinski definition) is 2. The summed E-state index contributed by atoms with van der Waals surface area (Å²) in [5, 5.41) is 0.225. The summed E-state index contributed by atoms with van der Waals surface area (Å²) in [4.78, 5) is 28.9. The summed E-state index contributed by atoms with van der Waals surface area (Å²) < 4.78 is 42.4. The fourth-order valence-electron chi connectivity index (χ4n) is 3.40. The third-order valence-electron chi connectivity index (χ3n) is 5.13. The number of benzene rings is 1. The molecule has 0 bridgehead atoms. The van der Waals surface area contributed by atoms with Crippen molar-refractivity contribution in [1.29, 1.82) is 0 Å². The zero-order chi connectivity index (χ0) is 20.9. The van der Waals surface area contributed by atoms with Crippen molar-refractivity contribution >= 4 is 22.2 Å². The molecule has 0 saturated carbocycles. The van der Waals surface area contributed by atoms with E-state index < -0.39 is 29.1 Å². The SMILES string of the molecule is C[C@H](c1c[nH]c(=O)c2cc(F)c(F)cc12)N(C)C(=O)c1cc2cc(F)ccn2c1. The van der Waals surface area contributed by atoms with Crippen molar-refractivity contribution in [1.82, 2.24) is 14.3 Å². The molecule has 0 radical (unpaired) electrons. The number of rotatable bonds is 3. The van der Waals surface area contributed by atoms with Gasteiger partial charge in [-0.1, -0.05) is 0 Å². The largest absolute Gasteiger partial charge is 0.335 e. The van der Waals surface area contributed by atoms with E-state index in [0.717, 1.165) is 12.1 Å². The highest BCUT2D eigenvalue weighted by Gasteiger charge is 2.23. The number of aromatic amines is 1. The summed E-state index contributed by atoms with van der Waals surface area (Å²) in [7, 11) is 1.56. The first kappa shape index (κ1) is 18.8. The third kappa shape index (κ3) is 3.16. The van der Waals surface area contributed by atoms with E-state index in [2.05, 4.69) is 4.98 Å². The molecule has 5 nitrogen and oxygen atoms in total. The van der Waals surface area contributed by atoms with Crippen molar-refractivity contribution < 1.29 is 18.0 Å². The van der Waals surface area contributed by atoms with E-state index in [9.17, 15) is 22.8 Å². The van der Waals surface area contributed by atoms with Crippen LogP contribution in [0.1, 0.15) is 28.9 Å². The summed E-state index contributed by atoms with van der Waals surface area (Å²) in [5.74, 6) is -2.95. The Hall–Kier alpha value is -3.55. The van der Waals surface area contributed by atoms with E-state index in [-0.39, 0.29) is 16.7 Å². The Bertz CT molecular complexity index is 1330. The number of aromatic nitrogens is 2. The molecule has 0 saturated heterocycles. The number of halogens is 3. The second-order valence-electron chi connectivity index (χ2n) is 6.88. The van der Waals surface area contributed by atoms with Gasteiger partial charge in [0, 0.05) is 31.2 Å². The first-order valence-electron chi connectivity index (χ1n) is 8.81. The van der Waals surface area contributed by atoms with Gasteiger partial charge < -0.3 is 14.3 Å². The van der Waals surface area contributed by atoms with Gasteiger partial charge in [0.15, 0.2) is 11.6 Å². The first-order chi connectivity index (χ1) is 13.8. The maximum absolute atomic E-state index is 13.8. The van der Waals surface area contributed by atoms with Crippen LogP contribution in [0.15, 0.2) is 53.7 Å². The molecular formula is C21H16F3N3O2. The van der Waals surface area contributed by atoms with Crippen LogP contribution in [0.2, 0.25) is 0 Å². The van der Waals surface area contributed by atoms with Gasteiger partial charge >= 0.3 is 0 Å². The van der Waals surface area contributed by atoms with Crippen molar-refractivity contribution in [2.75, 3.05) is 7.05 Å². The van der Waals surface area contributed by atoms with Gasteiger partial charge in [0.2, 0.25) is 0 Å². The Labute approximate surface area is 163 Å². The van der Waals surface area contributed by atoms with E-state index in [1.165, 1.54) is 29.4 Å². The Balaban J connectivity index is 1.74. The van der Waals surface area contributed by atoms with Gasteiger partial charge in [-0.3, -0.25) is 9.59 Å². The van der Waals surface area contributed by atoms with Crippen molar-refractivity contribution in [2.45, 2.75) is 13.0 Å². The molecule has 0 unspecified atom stereocenters. The number of nitrogens with one attached hydrogen (secondary N) is 1. The molecule has 4 rings (SSSR count). The summed E-state index contributed by atoms with van der Waals surface area (Å²) in [5.41, 5.74) is 0.783. The normalized spacial score (nSPS) is 12.4. The lowest BCUT2D eigenvalue weighted by molar-refractivity contribution is 0.0743. The molecule has 3 heterocycles. The van der Waals surface area contributed by atoms with Crippen LogP contribution in [0.3, 0.4) is 0 Å². The predicted molar refractivity (Wildman–Crippen MR) is 102 cm³/mol. The molecule has 148 valence electrons. The molecule has 8 heteroatoms. The van der Waals surface area contributed by atoms with Crippen LogP contribution in [-0.2, 0) is 0 Å². The van der Waals surface area contributed by atoms with Crippen molar-refractivity contribution in [2.24, 2.45) is 0 Å². The number of carbonyl (C=O) groups is 1. The molecule has 0 fully saturated rings. The Kier molecular flexibility index (Phi) is 4.41. The fraction of sp³-hybridized carbons (Fsp3) is 0.143. The monoisotopic (exact) mass is 399 g/mol. The van der Waals surface area contributed by atoms with Gasteiger partial charge in [-0.2, -0.15) is 0 Å². The molecule has 3 aromatic heterocycles. The molecule has 1 aromatic carbocycles. The second-order valence-corrected chi connectivity index (χ2v) is 6.88. The maximum atomic E-state index is 13.8. The van der Waals surface area contributed by atoms with Gasteiger partial charge in [0.05, 0.1) is 17.0 Å². The number of nitrogens with zero attached hydrogens (tertiary/aromatic N) is 2. The van der Waals surface area contributed by atoms with Gasteiger partial charge in [0.1, 0.15) is 5.82 Å². The Morgan fingerprint density at radius 1 is 1.10 bits per heavy atom. The molecule has 1 N–H and O–H groups in total. The second kappa shape index (κ2) is 6.80. The van der Waals surface area contributed by atoms with Crippen LogP contribution in [0.5, 0.6) is 0 Å². The minimum Gasteiger partial charge on any atom is -0.335 e. The molecule has 0 aliphatic heterocycles. The summed E-state index contributed by atoms with van der Waals surface area (Å²) >= 11 is 0. The summed E-state index contributed by atoms with van der Waals surface area (Å²) in [6, 6.07) is 5.40. The Morgan fingerprint density at radius 3 is 2.52 bits per heavy atom. The number of hydrogen-bond donors (Lipinski definition) is 1. The Morgan fingerprint density at radius 2 is 1.79 bits per heavy atom. The molecule has 1 atom stereocenters. The topological polar surface area (TPSA) is 57.6 Å². The average Bonchev–Trinajstić information content (AvgIpc) is 3.11. The summed E-state index contributed by atoms with van der Waals surface area (Å²) in [6.07, 6.45) is 4.49. The van der Waals surface area contributed by atoms with Crippen LogP contribution < -0.4 is 5.56 Å². The highest BCUT2D eigenvalue weighted by Crippen LogP contribution is 2.28. The zero-order valence-electron chi connectivity index (χ0n) is 15.5. The average molecular weight is 399 g/mol. The third-order valence-corrected chi connectivity index (χ3v) is 5.13. The van der Waals surface area contributed by atoms with E-state index >= 15 is 0 Å². The number of H-pyrrole nitrogens is 1. The molecular weight excluding hydrogens is 383 g/mol. The van der Waals surface area contributed by atoms with E-state index in [0.29, 0.717) is 16.6 Å². The van der Waals surface area contributed by atoms with E-state index in [4.69, 9.17) is 0 Å². The smallest absolute Gasteiger partial charge is 0.255 e. The number of amides is 1. The van der Waals surface area contributed by atoms with Crippen molar-refractivity contribution in [3.63, 3.8) is 0 Å². The van der Waals surface area contributed by atoms with Gasteiger partial charge in [-0.25, -0.2) is 13.2 Å². The summed E-state index contributed by atoms with van der Waals surface area (Å²) in [6.45, 7) is 1.71. The van der Waals surface area contributed by atoms with Gasteiger partial charge in [-0.05, 0) is 48.2 Å². The van der Waals surface area contributed by atoms with Crippen LogP contribution in [0.25, 0.3) is 16.3 Å². The molecule has 4 aromatic rings. The van der Waals surface area contributed by atoms with Gasteiger partial charge in [0.25, 0.3) is 11.5 Å². The quantitative estimate of drug-likeness (QED) is 0.566. The highest BCUT2D eigenvalue weighted by molar-refractivity contribution is 5.96. The van der Waals surface area contributed by atoms with Crippen LogP contribution in [-0.4, -0.2) is 27.2 Å². The van der Waals surface area contributed by atoms with Crippen molar-refractivity contribution in [3.05, 3.63) is 87.9 Å². The standard InChI is InChI=1S/C21H16F3N3O2/c1-11(17-9-25-20(28)16-8-19(24)18(23)7-15(16)17)26(2)21(29)12-5-14-6-13(22)3-4-27(14)10-12/h3-11H,1-2H3,(H,25,28)/t11-/m1/s1. The molecule has 29 heavy (non-hydrogen) atoms. The predicted octanol–water partition coefficient (Wildman–Crippen LogP) is 4.03. The molecule has 0 aliphatic rings. The maximum Gasteiger partial charge on any atom is 0.255 e. The van der Waals surface area contributed by atoms with E-state index in [1.807, 2.05) is 0 Å². The molecule has 1 amide bonds. The first-order valence-corrected chi connectivity index (χ1v) is 8.81. The lowest BCUT2D eigenvalue weighted by Gasteiger charge is -2.26. The van der Waals surface area contributed by atoms with E-state index in [1.54, 1.807) is 30.6 Å². The highest BCUT2D eigenvalue weighted by atomic mass is 19.2. The van der Waals surface area contributed by atoms with Gasteiger partial charge in [-0.15, -0.1) is 0 Å². The van der Waals surface area contributed by atoms with Crippen LogP contribution in [0, 0.1) is 17.5 Å².